The Morgan fingerprint density at radius 3 is 3.04 bits per heavy atom. The Labute approximate surface area is 148 Å². The number of morpholine rings is 1. The number of hydrogen-bond donors (Lipinski definition) is 0. The number of pyridine rings is 2. The van der Waals surface area contributed by atoms with Crippen LogP contribution in [0, 0.1) is 6.92 Å². The standard InChI is InChI=1S/C19H24N4O2/c1-15-10-17(5-7-21-15)18-13-23(8-9-25-18)19(24)14-22(2)12-16-4-3-6-20-11-16/h3-7,10-11,18H,8-9,12-14H2,1-2H3/t18-/m0/s1. The number of hydrogen-bond acceptors (Lipinski definition) is 5. The van der Waals surface area contributed by atoms with Gasteiger partial charge < -0.3 is 9.64 Å². The Bertz CT molecular complexity index is 708. The maximum absolute atomic E-state index is 12.6. The molecule has 0 N–H and O–H groups in total. The summed E-state index contributed by atoms with van der Waals surface area (Å²) in [5.41, 5.74) is 3.14. The van der Waals surface area contributed by atoms with Crippen molar-refractivity contribution in [3.8, 4) is 0 Å². The Morgan fingerprint density at radius 2 is 2.28 bits per heavy atom. The van der Waals surface area contributed by atoms with E-state index in [-0.39, 0.29) is 12.0 Å². The first-order chi connectivity index (χ1) is 12.1. The Balaban J connectivity index is 1.56. The number of carbonyl (C=O) groups is 1. The fourth-order valence-corrected chi connectivity index (χ4v) is 3.04. The second-order valence-electron chi connectivity index (χ2n) is 6.46. The summed E-state index contributed by atoms with van der Waals surface area (Å²) in [6, 6.07) is 7.91. The van der Waals surface area contributed by atoms with Crippen LogP contribution in [-0.2, 0) is 16.1 Å². The van der Waals surface area contributed by atoms with E-state index in [1.165, 1.54) is 0 Å². The molecule has 0 aromatic carbocycles. The van der Waals surface area contributed by atoms with Gasteiger partial charge in [0, 0.05) is 37.4 Å². The van der Waals surface area contributed by atoms with Crippen LogP contribution in [-0.4, -0.2) is 59.0 Å². The molecule has 0 unspecified atom stereocenters. The molecule has 25 heavy (non-hydrogen) atoms. The maximum Gasteiger partial charge on any atom is 0.236 e. The lowest BCUT2D eigenvalue weighted by Gasteiger charge is -2.34. The van der Waals surface area contributed by atoms with Crippen LogP contribution >= 0.6 is 0 Å². The Morgan fingerprint density at radius 1 is 1.40 bits per heavy atom. The molecule has 3 rings (SSSR count). The zero-order chi connectivity index (χ0) is 17.6. The third kappa shape index (κ3) is 4.84. The number of aromatic nitrogens is 2. The topological polar surface area (TPSA) is 58.6 Å². The van der Waals surface area contributed by atoms with E-state index >= 15 is 0 Å². The summed E-state index contributed by atoms with van der Waals surface area (Å²) in [5.74, 6) is 0.130. The average Bonchev–Trinajstić information content (AvgIpc) is 2.62. The Hall–Kier alpha value is -2.31. The summed E-state index contributed by atoms with van der Waals surface area (Å²) in [7, 11) is 1.95. The van der Waals surface area contributed by atoms with Crippen LogP contribution in [0.3, 0.4) is 0 Å². The molecule has 3 heterocycles. The fourth-order valence-electron chi connectivity index (χ4n) is 3.04. The first-order valence-electron chi connectivity index (χ1n) is 8.51. The zero-order valence-corrected chi connectivity index (χ0v) is 14.8. The number of nitrogens with zero attached hydrogens (tertiary/aromatic N) is 4. The van der Waals surface area contributed by atoms with E-state index in [0.29, 0.717) is 32.8 Å². The second-order valence-corrected chi connectivity index (χ2v) is 6.46. The molecule has 1 aliphatic heterocycles. The molecule has 2 aromatic heterocycles. The highest BCUT2D eigenvalue weighted by Crippen LogP contribution is 2.22. The lowest BCUT2D eigenvalue weighted by Crippen LogP contribution is -2.46. The van der Waals surface area contributed by atoms with Crippen molar-refractivity contribution in [1.29, 1.82) is 0 Å². The van der Waals surface area contributed by atoms with Crippen LogP contribution in [0.5, 0.6) is 0 Å². The van der Waals surface area contributed by atoms with E-state index in [1.54, 1.807) is 12.4 Å². The maximum atomic E-state index is 12.6. The third-order valence-corrected chi connectivity index (χ3v) is 4.29. The molecule has 0 radical (unpaired) electrons. The number of ether oxygens (including phenoxy) is 1. The van der Waals surface area contributed by atoms with Crippen molar-refractivity contribution in [1.82, 2.24) is 19.8 Å². The van der Waals surface area contributed by atoms with Gasteiger partial charge in [-0.1, -0.05) is 6.07 Å². The van der Waals surface area contributed by atoms with Crippen molar-refractivity contribution in [2.75, 3.05) is 33.3 Å². The van der Waals surface area contributed by atoms with E-state index in [9.17, 15) is 4.79 Å². The van der Waals surface area contributed by atoms with E-state index in [1.807, 2.05) is 54.2 Å². The molecule has 0 bridgehead atoms. The lowest BCUT2D eigenvalue weighted by atomic mass is 10.1. The van der Waals surface area contributed by atoms with E-state index in [0.717, 1.165) is 16.8 Å². The minimum absolute atomic E-state index is 0.0805. The van der Waals surface area contributed by atoms with Crippen LogP contribution in [0.25, 0.3) is 0 Å². The summed E-state index contributed by atoms with van der Waals surface area (Å²) < 4.78 is 5.86. The second kappa shape index (κ2) is 8.18. The highest BCUT2D eigenvalue weighted by molar-refractivity contribution is 5.78. The number of amides is 1. The molecule has 1 amide bonds. The summed E-state index contributed by atoms with van der Waals surface area (Å²) in [6.45, 7) is 4.84. The van der Waals surface area contributed by atoms with Crippen molar-refractivity contribution in [2.24, 2.45) is 0 Å². The summed E-state index contributed by atoms with van der Waals surface area (Å²) in [5, 5.41) is 0. The highest BCUT2D eigenvalue weighted by Gasteiger charge is 2.26. The molecular weight excluding hydrogens is 316 g/mol. The molecule has 1 atom stereocenters. The van der Waals surface area contributed by atoms with Crippen molar-refractivity contribution >= 4 is 5.91 Å². The molecule has 1 saturated heterocycles. The van der Waals surface area contributed by atoms with Crippen LogP contribution in [0.15, 0.2) is 42.9 Å². The van der Waals surface area contributed by atoms with Gasteiger partial charge in [0.05, 0.1) is 19.7 Å². The SMILES string of the molecule is Cc1cc([C@@H]2CN(C(=O)CN(C)Cc3cccnc3)CCO2)ccn1. The van der Waals surface area contributed by atoms with Gasteiger partial charge in [-0.3, -0.25) is 19.7 Å². The average molecular weight is 340 g/mol. The van der Waals surface area contributed by atoms with Gasteiger partial charge in [-0.25, -0.2) is 0 Å². The molecule has 1 fully saturated rings. The fraction of sp³-hybridized carbons (Fsp3) is 0.421. The van der Waals surface area contributed by atoms with Gasteiger partial charge in [-0.05, 0) is 43.3 Å². The predicted molar refractivity (Wildman–Crippen MR) is 94.8 cm³/mol. The van der Waals surface area contributed by atoms with Crippen LogP contribution in [0.2, 0.25) is 0 Å². The number of carbonyl (C=O) groups excluding carboxylic acids is 1. The van der Waals surface area contributed by atoms with Gasteiger partial charge >= 0.3 is 0 Å². The first-order valence-corrected chi connectivity index (χ1v) is 8.51. The molecule has 0 saturated carbocycles. The quantitative estimate of drug-likeness (QED) is 0.831. The predicted octanol–water partition coefficient (Wildman–Crippen LogP) is 1.82. The van der Waals surface area contributed by atoms with Gasteiger partial charge in [0.25, 0.3) is 0 Å². The summed E-state index contributed by atoms with van der Waals surface area (Å²) in [6.07, 6.45) is 5.29. The van der Waals surface area contributed by atoms with Crippen LogP contribution in [0.1, 0.15) is 22.9 Å². The molecular formula is C19H24N4O2. The molecule has 1 aliphatic rings. The monoisotopic (exact) mass is 340 g/mol. The minimum Gasteiger partial charge on any atom is -0.370 e. The van der Waals surface area contributed by atoms with Crippen molar-refractivity contribution in [3.05, 3.63) is 59.7 Å². The number of likely N-dealkylation sites (N-methyl/N-ethyl adjacent to an activating group) is 1. The van der Waals surface area contributed by atoms with Gasteiger partial charge in [0.1, 0.15) is 6.10 Å². The van der Waals surface area contributed by atoms with Crippen LogP contribution < -0.4 is 0 Å². The molecule has 2 aromatic rings. The minimum atomic E-state index is -0.0805. The van der Waals surface area contributed by atoms with Crippen LogP contribution in [0.4, 0.5) is 0 Å². The Kier molecular flexibility index (Phi) is 5.73. The highest BCUT2D eigenvalue weighted by atomic mass is 16.5. The normalized spacial score (nSPS) is 17.7. The molecule has 6 nitrogen and oxygen atoms in total. The van der Waals surface area contributed by atoms with Crippen molar-refractivity contribution in [3.63, 3.8) is 0 Å². The zero-order valence-electron chi connectivity index (χ0n) is 14.8. The summed E-state index contributed by atoms with van der Waals surface area (Å²) >= 11 is 0. The van der Waals surface area contributed by atoms with E-state index in [2.05, 4.69) is 9.97 Å². The first kappa shape index (κ1) is 17.5. The largest absolute Gasteiger partial charge is 0.370 e. The van der Waals surface area contributed by atoms with E-state index < -0.39 is 0 Å². The lowest BCUT2D eigenvalue weighted by molar-refractivity contribution is -0.140. The molecule has 132 valence electrons. The number of aryl methyl sites for hydroxylation is 1. The van der Waals surface area contributed by atoms with Gasteiger partial charge in [0.2, 0.25) is 5.91 Å². The molecule has 6 heteroatoms. The van der Waals surface area contributed by atoms with Gasteiger partial charge in [0.15, 0.2) is 0 Å². The van der Waals surface area contributed by atoms with Gasteiger partial charge in [-0.2, -0.15) is 0 Å². The van der Waals surface area contributed by atoms with Crippen molar-refractivity contribution in [2.45, 2.75) is 19.6 Å². The summed E-state index contributed by atoms with van der Waals surface area (Å²) in [4.78, 5) is 24.9. The van der Waals surface area contributed by atoms with Gasteiger partial charge in [-0.15, -0.1) is 0 Å². The smallest absolute Gasteiger partial charge is 0.236 e. The van der Waals surface area contributed by atoms with Crippen molar-refractivity contribution < 1.29 is 9.53 Å². The third-order valence-electron chi connectivity index (χ3n) is 4.29. The molecule has 0 aliphatic carbocycles. The number of rotatable bonds is 5. The van der Waals surface area contributed by atoms with E-state index in [4.69, 9.17) is 4.74 Å². The molecule has 0 spiro atoms.